The number of likely N-dealkylation sites (tertiary alicyclic amines) is 1. The summed E-state index contributed by atoms with van der Waals surface area (Å²) in [5.74, 6) is -0.181. The number of alkyl halides is 3. The molecule has 1 saturated heterocycles. The van der Waals surface area contributed by atoms with Gasteiger partial charge < -0.3 is 9.64 Å². The summed E-state index contributed by atoms with van der Waals surface area (Å²) >= 11 is 0. The van der Waals surface area contributed by atoms with E-state index in [-0.39, 0.29) is 6.10 Å². The molecule has 20 heavy (non-hydrogen) atoms. The number of amides is 1. The molecule has 1 aromatic rings. The first-order valence-electron chi connectivity index (χ1n) is 6.35. The fourth-order valence-corrected chi connectivity index (χ4v) is 2.12. The standard InChI is InChI=1S/C13H15F3N2O2/c14-13(15,16)9-12(19)18-7-3-11(4-8-18)20-10-1-5-17-6-2-10/h1-2,5-6,11H,3-4,7-9H2. The second kappa shape index (κ2) is 6.11. The minimum atomic E-state index is -4.44. The number of piperidine rings is 1. The number of pyridine rings is 1. The van der Waals surface area contributed by atoms with Crippen LogP contribution in [-0.2, 0) is 4.79 Å². The zero-order valence-electron chi connectivity index (χ0n) is 10.8. The number of hydrogen-bond donors (Lipinski definition) is 0. The second-order valence-corrected chi connectivity index (χ2v) is 4.67. The highest BCUT2D eigenvalue weighted by atomic mass is 19.4. The van der Waals surface area contributed by atoms with E-state index >= 15 is 0 Å². The first kappa shape index (κ1) is 14.6. The van der Waals surface area contributed by atoms with Crippen LogP contribution in [0.3, 0.4) is 0 Å². The van der Waals surface area contributed by atoms with Gasteiger partial charge in [-0.15, -0.1) is 0 Å². The van der Waals surface area contributed by atoms with Gasteiger partial charge in [-0.2, -0.15) is 13.2 Å². The molecular weight excluding hydrogens is 273 g/mol. The number of hydrogen-bond acceptors (Lipinski definition) is 3. The molecule has 0 radical (unpaired) electrons. The summed E-state index contributed by atoms with van der Waals surface area (Å²) in [6.07, 6.45) is -1.62. The number of aromatic nitrogens is 1. The van der Waals surface area contributed by atoms with Crippen LogP contribution in [0.2, 0.25) is 0 Å². The van der Waals surface area contributed by atoms with Crippen LogP contribution < -0.4 is 4.74 Å². The van der Waals surface area contributed by atoms with Crippen LogP contribution in [-0.4, -0.2) is 41.2 Å². The van der Waals surface area contributed by atoms with Crippen molar-refractivity contribution in [3.05, 3.63) is 24.5 Å². The third-order valence-corrected chi connectivity index (χ3v) is 3.10. The Morgan fingerprint density at radius 3 is 2.45 bits per heavy atom. The fourth-order valence-electron chi connectivity index (χ4n) is 2.12. The average Bonchev–Trinajstić information content (AvgIpc) is 2.39. The first-order valence-corrected chi connectivity index (χ1v) is 6.35. The van der Waals surface area contributed by atoms with Crippen molar-refractivity contribution in [1.82, 2.24) is 9.88 Å². The summed E-state index contributed by atoms with van der Waals surface area (Å²) in [7, 11) is 0. The lowest BCUT2D eigenvalue weighted by Crippen LogP contribution is -2.43. The maximum absolute atomic E-state index is 12.1. The molecule has 1 aliphatic heterocycles. The quantitative estimate of drug-likeness (QED) is 0.857. The van der Waals surface area contributed by atoms with Crippen LogP contribution in [0.1, 0.15) is 19.3 Å². The third kappa shape index (κ3) is 4.40. The van der Waals surface area contributed by atoms with Gasteiger partial charge in [0.05, 0.1) is 0 Å². The Labute approximate surface area is 114 Å². The van der Waals surface area contributed by atoms with Gasteiger partial charge in [0.1, 0.15) is 18.3 Å². The molecule has 0 atom stereocenters. The van der Waals surface area contributed by atoms with E-state index in [1.807, 2.05) is 0 Å². The van der Waals surface area contributed by atoms with Crippen molar-refractivity contribution < 1.29 is 22.7 Å². The number of halogens is 3. The molecule has 1 aliphatic rings. The van der Waals surface area contributed by atoms with Gasteiger partial charge in [0.2, 0.25) is 5.91 Å². The molecule has 0 unspecified atom stereocenters. The molecule has 2 heterocycles. The summed E-state index contributed by atoms with van der Waals surface area (Å²) in [6, 6.07) is 3.45. The summed E-state index contributed by atoms with van der Waals surface area (Å²) in [5.41, 5.74) is 0. The van der Waals surface area contributed by atoms with Crippen molar-refractivity contribution in [1.29, 1.82) is 0 Å². The van der Waals surface area contributed by atoms with Crippen LogP contribution in [0.4, 0.5) is 13.2 Å². The zero-order chi connectivity index (χ0) is 14.6. The van der Waals surface area contributed by atoms with Crippen molar-refractivity contribution in [3.8, 4) is 5.75 Å². The normalized spacial score (nSPS) is 17.1. The Kier molecular flexibility index (Phi) is 4.46. The van der Waals surface area contributed by atoms with Crippen LogP contribution in [0.5, 0.6) is 5.75 Å². The Morgan fingerprint density at radius 2 is 1.90 bits per heavy atom. The molecule has 0 N–H and O–H groups in total. The Morgan fingerprint density at radius 1 is 1.30 bits per heavy atom. The highest BCUT2D eigenvalue weighted by Gasteiger charge is 2.34. The summed E-state index contributed by atoms with van der Waals surface area (Å²) in [6.45, 7) is 0.593. The lowest BCUT2D eigenvalue weighted by atomic mass is 10.1. The lowest BCUT2D eigenvalue weighted by molar-refractivity contribution is -0.162. The van der Waals surface area contributed by atoms with Crippen LogP contribution >= 0.6 is 0 Å². The van der Waals surface area contributed by atoms with E-state index < -0.39 is 18.5 Å². The van der Waals surface area contributed by atoms with Gasteiger partial charge in [0, 0.05) is 38.3 Å². The van der Waals surface area contributed by atoms with Gasteiger partial charge in [0.15, 0.2) is 0 Å². The molecule has 0 aliphatic carbocycles. The third-order valence-electron chi connectivity index (χ3n) is 3.10. The number of carbonyl (C=O) groups excluding carboxylic acids is 1. The molecule has 4 nitrogen and oxygen atoms in total. The number of nitrogens with zero attached hydrogens (tertiary/aromatic N) is 2. The van der Waals surface area contributed by atoms with E-state index in [1.54, 1.807) is 24.5 Å². The van der Waals surface area contributed by atoms with E-state index in [9.17, 15) is 18.0 Å². The first-order chi connectivity index (χ1) is 9.44. The van der Waals surface area contributed by atoms with Crippen LogP contribution in [0.15, 0.2) is 24.5 Å². The van der Waals surface area contributed by atoms with Gasteiger partial charge in [-0.3, -0.25) is 9.78 Å². The molecule has 7 heteroatoms. The maximum Gasteiger partial charge on any atom is 0.397 e. The predicted molar refractivity (Wildman–Crippen MR) is 65.1 cm³/mol. The van der Waals surface area contributed by atoms with E-state index in [4.69, 9.17) is 4.74 Å². The summed E-state index contributed by atoms with van der Waals surface area (Å²) in [4.78, 5) is 16.6. The molecule has 0 bridgehead atoms. The van der Waals surface area contributed by atoms with Crippen molar-refractivity contribution >= 4 is 5.91 Å². The second-order valence-electron chi connectivity index (χ2n) is 4.67. The Balaban J connectivity index is 1.79. The van der Waals surface area contributed by atoms with E-state index in [0.717, 1.165) is 0 Å². The largest absolute Gasteiger partial charge is 0.490 e. The van der Waals surface area contributed by atoms with E-state index in [2.05, 4.69) is 4.98 Å². The van der Waals surface area contributed by atoms with Crippen molar-refractivity contribution in [2.24, 2.45) is 0 Å². The molecule has 0 saturated carbocycles. The minimum absolute atomic E-state index is 0.0765. The average molecular weight is 288 g/mol. The van der Waals surface area contributed by atoms with Gasteiger partial charge in [-0.05, 0) is 12.1 Å². The topological polar surface area (TPSA) is 42.4 Å². The molecular formula is C13H15F3N2O2. The number of carbonyl (C=O) groups is 1. The van der Waals surface area contributed by atoms with Gasteiger partial charge >= 0.3 is 6.18 Å². The van der Waals surface area contributed by atoms with E-state index in [0.29, 0.717) is 31.7 Å². The Bertz CT molecular complexity index is 443. The molecule has 1 fully saturated rings. The molecule has 110 valence electrons. The Hall–Kier alpha value is -1.79. The highest BCUT2D eigenvalue weighted by Crippen LogP contribution is 2.23. The summed E-state index contributed by atoms with van der Waals surface area (Å²) in [5, 5.41) is 0. The van der Waals surface area contributed by atoms with E-state index in [1.165, 1.54) is 4.90 Å². The SMILES string of the molecule is O=C(CC(F)(F)F)N1CCC(Oc2ccncc2)CC1. The lowest BCUT2D eigenvalue weighted by Gasteiger charge is -2.32. The molecule has 1 amide bonds. The monoisotopic (exact) mass is 288 g/mol. The minimum Gasteiger partial charge on any atom is -0.490 e. The smallest absolute Gasteiger partial charge is 0.397 e. The molecule has 2 rings (SSSR count). The van der Waals surface area contributed by atoms with Crippen LogP contribution in [0.25, 0.3) is 0 Å². The molecule has 0 spiro atoms. The maximum atomic E-state index is 12.1. The predicted octanol–water partition coefficient (Wildman–Crippen LogP) is 2.40. The van der Waals surface area contributed by atoms with Gasteiger partial charge in [-0.1, -0.05) is 0 Å². The number of rotatable bonds is 3. The van der Waals surface area contributed by atoms with Crippen molar-refractivity contribution in [3.63, 3.8) is 0 Å². The fraction of sp³-hybridized carbons (Fsp3) is 0.538. The zero-order valence-corrected chi connectivity index (χ0v) is 10.8. The van der Waals surface area contributed by atoms with Gasteiger partial charge in [0.25, 0.3) is 0 Å². The van der Waals surface area contributed by atoms with Crippen molar-refractivity contribution in [2.75, 3.05) is 13.1 Å². The molecule has 0 aromatic carbocycles. The molecule has 1 aromatic heterocycles. The van der Waals surface area contributed by atoms with Crippen LogP contribution in [0, 0.1) is 0 Å². The van der Waals surface area contributed by atoms with Gasteiger partial charge in [-0.25, -0.2) is 0 Å². The number of ether oxygens (including phenoxy) is 1. The highest BCUT2D eigenvalue weighted by molar-refractivity contribution is 5.76. The van der Waals surface area contributed by atoms with Crippen molar-refractivity contribution in [2.45, 2.75) is 31.5 Å². The summed E-state index contributed by atoms with van der Waals surface area (Å²) < 4.78 is 42.1.